The highest BCUT2D eigenvalue weighted by atomic mass is 16.6. The number of rotatable bonds is 5. The van der Waals surface area contributed by atoms with Crippen LogP contribution in [0.25, 0.3) is 22.3 Å². The Kier molecular flexibility index (Phi) is 5.61. The zero-order valence-electron chi connectivity index (χ0n) is 18.9. The number of nitrogens with one attached hydrogen (secondary N) is 1. The largest absolute Gasteiger partial charge is 0.448 e. The maximum atomic E-state index is 12.7. The molecule has 1 aliphatic heterocycles. The van der Waals surface area contributed by atoms with Gasteiger partial charge in [-0.3, -0.25) is 9.88 Å². The Bertz CT molecular complexity index is 1400. The van der Waals surface area contributed by atoms with Crippen LogP contribution in [-0.4, -0.2) is 72.5 Å². The second kappa shape index (κ2) is 8.95. The Morgan fingerprint density at radius 1 is 1.00 bits per heavy atom. The number of aromatic nitrogens is 4. The summed E-state index contributed by atoms with van der Waals surface area (Å²) in [5.41, 5.74) is 5.00. The van der Waals surface area contributed by atoms with Gasteiger partial charge in [-0.1, -0.05) is 48.5 Å². The number of aliphatic hydroxyl groups excluding tert-OH is 3. The third kappa shape index (κ3) is 3.60. The lowest BCUT2D eigenvalue weighted by Gasteiger charge is -2.16. The maximum absolute atomic E-state index is 12.7. The molecule has 184 valence electrons. The van der Waals surface area contributed by atoms with Gasteiger partial charge in [0, 0.05) is 5.92 Å². The summed E-state index contributed by atoms with van der Waals surface area (Å²) in [6.07, 6.45) is -2.61. The lowest BCUT2D eigenvalue weighted by molar-refractivity contribution is -0.0511. The van der Waals surface area contributed by atoms with Crippen LogP contribution in [0.3, 0.4) is 0 Å². The van der Waals surface area contributed by atoms with Gasteiger partial charge in [0.2, 0.25) is 0 Å². The van der Waals surface area contributed by atoms with Gasteiger partial charge in [0.1, 0.15) is 31.2 Å². The first kappa shape index (κ1) is 22.6. The van der Waals surface area contributed by atoms with Crippen molar-refractivity contribution in [2.24, 2.45) is 0 Å². The molecule has 0 saturated carbocycles. The van der Waals surface area contributed by atoms with Gasteiger partial charge in [-0.2, -0.15) is 0 Å². The van der Waals surface area contributed by atoms with Gasteiger partial charge in [-0.25, -0.2) is 19.7 Å². The van der Waals surface area contributed by atoms with E-state index in [9.17, 15) is 20.1 Å². The third-order valence-corrected chi connectivity index (χ3v) is 6.71. The molecule has 0 radical (unpaired) electrons. The van der Waals surface area contributed by atoms with Crippen molar-refractivity contribution in [3.8, 4) is 11.1 Å². The lowest BCUT2D eigenvalue weighted by Crippen LogP contribution is -2.33. The fourth-order valence-electron chi connectivity index (χ4n) is 4.97. The molecule has 0 unspecified atom stereocenters. The summed E-state index contributed by atoms with van der Waals surface area (Å²) in [6, 6.07) is 16.1. The molecule has 4 aromatic rings. The van der Waals surface area contributed by atoms with Gasteiger partial charge in [0.05, 0.1) is 12.9 Å². The van der Waals surface area contributed by atoms with E-state index in [-0.39, 0.29) is 29.5 Å². The van der Waals surface area contributed by atoms with Gasteiger partial charge in [-0.05, 0) is 22.3 Å². The Labute approximate surface area is 205 Å². The van der Waals surface area contributed by atoms with E-state index in [1.54, 1.807) is 0 Å². The van der Waals surface area contributed by atoms with Crippen LogP contribution in [0.15, 0.2) is 61.2 Å². The molecule has 2 aromatic carbocycles. The molecule has 36 heavy (non-hydrogen) atoms. The second-order valence-corrected chi connectivity index (χ2v) is 8.73. The summed E-state index contributed by atoms with van der Waals surface area (Å²) in [7, 11) is 0. The van der Waals surface area contributed by atoms with Crippen LogP contribution in [0, 0.1) is 0 Å². The Morgan fingerprint density at radius 2 is 1.69 bits per heavy atom. The SMILES string of the molecule is O=C(Nc1ncnc2c1ncn2[C@@H]1O[C@H](CO)[C@@H](O)[C@H]1O)OCC1c2ccccc2-c2ccccc21. The maximum Gasteiger partial charge on any atom is 0.412 e. The van der Waals surface area contributed by atoms with E-state index < -0.39 is 37.2 Å². The molecule has 4 atom stereocenters. The lowest BCUT2D eigenvalue weighted by atomic mass is 9.98. The average Bonchev–Trinajstić information content (AvgIpc) is 3.56. The Balaban J connectivity index is 1.19. The van der Waals surface area contributed by atoms with Crippen LogP contribution in [0.2, 0.25) is 0 Å². The highest BCUT2D eigenvalue weighted by molar-refractivity contribution is 5.93. The normalized spacial score (nSPS) is 23.0. The average molecular weight is 489 g/mol. The van der Waals surface area contributed by atoms with Gasteiger partial charge in [-0.15, -0.1) is 0 Å². The van der Waals surface area contributed by atoms with Crippen LogP contribution in [0.5, 0.6) is 0 Å². The molecular formula is C25H23N5O6. The zero-order valence-corrected chi connectivity index (χ0v) is 18.9. The van der Waals surface area contributed by atoms with E-state index in [2.05, 4.69) is 32.4 Å². The van der Waals surface area contributed by atoms with E-state index in [0.717, 1.165) is 22.3 Å². The van der Waals surface area contributed by atoms with E-state index in [0.29, 0.717) is 0 Å². The number of imidazole rings is 1. The molecular weight excluding hydrogens is 466 g/mol. The quantitative estimate of drug-likeness (QED) is 0.329. The van der Waals surface area contributed by atoms with Crippen LogP contribution in [0.4, 0.5) is 10.6 Å². The van der Waals surface area contributed by atoms with Crippen molar-refractivity contribution in [1.82, 2.24) is 19.5 Å². The van der Waals surface area contributed by atoms with Crippen molar-refractivity contribution >= 4 is 23.1 Å². The number of aliphatic hydroxyl groups is 3. The van der Waals surface area contributed by atoms with Crippen molar-refractivity contribution in [3.63, 3.8) is 0 Å². The monoisotopic (exact) mass is 489 g/mol. The molecule has 6 rings (SSSR count). The number of hydrogen-bond donors (Lipinski definition) is 4. The first-order chi connectivity index (χ1) is 17.6. The molecule has 1 aliphatic carbocycles. The summed E-state index contributed by atoms with van der Waals surface area (Å²) in [4.78, 5) is 25.3. The fraction of sp³-hybridized carbons (Fsp3) is 0.280. The van der Waals surface area contributed by atoms with Gasteiger partial charge < -0.3 is 24.8 Å². The van der Waals surface area contributed by atoms with E-state index in [1.165, 1.54) is 17.2 Å². The van der Waals surface area contributed by atoms with Crippen LogP contribution in [0.1, 0.15) is 23.3 Å². The number of fused-ring (bicyclic) bond motifs is 4. The van der Waals surface area contributed by atoms with Gasteiger partial charge in [0.25, 0.3) is 0 Å². The molecule has 11 nitrogen and oxygen atoms in total. The van der Waals surface area contributed by atoms with Crippen molar-refractivity contribution in [2.45, 2.75) is 30.5 Å². The van der Waals surface area contributed by atoms with Gasteiger partial charge in [0.15, 0.2) is 23.2 Å². The molecule has 0 spiro atoms. The van der Waals surface area contributed by atoms with Crippen molar-refractivity contribution in [2.75, 3.05) is 18.5 Å². The zero-order chi connectivity index (χ0) is 24.8. The molecule has 1 saturated heterocycles. The Hall–Kier alpha value is -3.90. The summed E-state index contributed by atoms with van der Waals surface area (Å²) in [5.74, 6) is 0.0439. The fourth-order valence-corrected chi connectivity index (χ4v) is 4.97. The van der Waals surface area contributed by atoms with Crippen molar-refractivity contribution < 1.29 is 29.6 Å². The molecule has 2 aliphatic rings. The third-order valence-electron chi connectivity index (χ3n) is 6.71. The minimum atomic E-state index is -1.30. The van der Waals surface area contributed by atoms with E-state index >= 15 is 0 Å². The summed E-state index contributed by atoms with van der Waals surface area (Å²) in [6.45, 7) is -0.310. The van der Waals surface area contributed by atoms with Crippen LogP contribution >= 0.6 is 0 Å². The highest BCUT2D eigenvalue weighted by Gasteiger charge is 2.44. The van der Waals surface area contributed by atoms with Gasteiger partial charge >= 0.3 is 6.09 Å². The first-order valence-electron chi connectivity index (χ1n) is 11.5. The minimum absolute atomic E-state index is 0.0836. The number of hydrogen-bond acceptors (Lipinski definition) is 9. The number of amides is 1. The highest BCUT2D eigenvalue weighted by Crippen LogP contribution is 2.44. The first-order valence-corrected chi connectivity index (χ1v) is 11.5. The number of benzene rings is 2. The minimum Gasteiger partial charge on any atom is -0.448 e. The molecule has 11 heteroatoms. The molecule has 3 heterocycles. The second-order valence-electron chi connectivity index (χ2n) is 8.73. The predicted octanol–water partition coefficient (Wildman–Crippen LogP) is 1.80. The molecule has 1 amide bonds. The number of carbonyl (C=O) groups excluding carboxylic acids is 1. The number of anilines is 1. The molecule has 2 aromatic heterocycles. The Morgan fingerprint density at radius 3 is 2.36 bits per heavy atom. The van der Waals surface area contributed by atoms with Crippen LogP contribution in [-0.2, 0) is 9.47 Å². The molecule has 1 fully saturated rings. The number of ether oxygens (including phenoxy) is 2. The summed E-state index contributed by atoms with van der Waals surface area (Å²) in [5, 5.41) is 32.4. The summed E-state index contributed by atoms with van der Waals surface area (Å²) < 4.78 is 12.6. The van der Waals surface area contributed by atoms with Crippen molar-refractivity contribution in [3.05, 3.63) is 72.3 Å². The number of carbonyl (C=O) groups is 1. The molecule has 0 bridgehead atoms. The van der Waals surface area contributed by atoms with Crippen molar-refractivity contribution in [1.29, 1.82) is 0 Å². The van der Waals surface area contributed by atoms with E-state index in [4.69, 9.17) is 9.47 Å². The smallest absolute Gasteiger partial charge is 0.412 e. The standard InChI is InChI=1S/C25H23N5O6/c31-9-18-20(32)21(33)24(36-18)30-12-28-19-22(26-11-27-23(19)30)29-25(34)35-10-17-15-7-3-1-5-13(15)14-6-2-4-8-16(14)17/h1-8,11-12,17-18,20-21,24,31-33H,9-10H2,(H,26,27,29,34)/t18-,20-,21-,24-/m1/s1. The van der Waals surface area contributed by atoms with E-state index in [1.807, 2.05) is 36.4 Å². The predicted molar refractivity (Wildman–Crippen MR) is 127 cm³/mol. The summed E-state index contributed by atoms with van der Waals surface area (Å²) >= 11 is 0. The van der Waals surface area contributed by atoms with Crippen LogP contribution < -0.4 is 5.32 Å². The topological polar surface area (TPSA) is 152 Å². The molecule has 4 N–H and O–H groups in total. The number of nitrogens with zero attached hydrogens (tertiary/aromatic N) is 4.